The Bertz CT molecular complexity index is 1070. The lowest BCUT2D eigenvalue weighted by atomic mass is 9.93. The molecule has 2 aliphatic rings. The van der Waals surface area contributed by atoms with Gasteiger partial charge in [-0.25, -0.2) is 0 Å². The van der Waals surface area contributed by atoms with Gasteiger partial charge in [-0.15, -0.1) is 0 Å². The minimum absolute atomic E-state index is 0.0119. The van der Waals surface area contributed by atoms with Crippen LogP contribution in [-0.4, -0.2) is 35.7 Å². The van der Waals surface area contributed by atoms with E-state index >= 15 is 0 Å². The first-order valence-electron chi connectivity index (χ1n) is 10.2. The van der Waals surface area contributed by atoms with Crippen molar-refractivity contribution < 1.29 is 23.0 Å². The summed E-state index contributed by atoms with van der Waals surface area (Å²) >= 11 is 5.57. The highest BCUT2D eigenvalue weighted by Crippen LogP contribution is 2.40. The summed E-state index contributed by atoms with van der Waals surface area (Å²) in [7, 11) is 1.54. The van der Waals surface area contributed by atoms with Crippen LogP contribution in [0.2, 0.25) is 0 Å². The lowest BCUT2D eigenvalue weighted by Crippen LogP contribution is -2.49. The number of thiocarbonyl (C=S) groups is 1. The number of allylic oxidation sites excluding steroid dienone is 1. The van der Waals surface area contributed by atoms with Gasteiger partial charge in [0.05, 0.1) is 18.7 Å². The monoisotopic (exact) mass is 459 g/mol. The maximum atomic E-state index is 13.5. The number of methoxy groups -OCH3 is 1. The summed E-state index contributed by atoms with van der Waals surface area (Å²) in [5.74, 6) is 0.221. The van der Waals surface area contributed by atoms with E-state index < -0.39 is 12.7 Å². The third-order valence-electron chi connectivity index (χ3n) is 5.46. The molecule has 6 nitrogen and oxygen atoms in total. The first-order chi connectivity index (χ1) is 15.4. The fourth-order valence-electron chi connectivity index (χ4n) is 3.88. The van der Waals surface area contributed by atoms with Crippen molar-refractivity contribution in [1.82, 2.24) is 10.2 Å². The van der Waals surface area contributed by atoms with Crippen LogP contribution in [0.1, 0.15) is 31.4 Å². The number of hydrogen-bond acceptors (Lipinski definition) is 4. The van der Waals surface area contributed by atoms with Crippen LogP contribution >= 0.6 is 12.2 Å². The van der Waals surface area contributed by atoms with Crippen molar-refractivity contribution in [3.05, 3.63) is 65.4 Å². The molecule has 0 radical (unpaired) electrons. The second kappa shape index (κ2) is 9.12. The van der Waals surface area contributed by atoms with E-state index in [1.54, 1.807) is 49.6 Å². The van der Waals surface area contributed by atoms with Gasteiger partial charge in [0.1, 0.15) is 11.5 Å². The van der Waals surface area contributed by atoms with Crippen LogP contribution in [0.15, 0.2) is 59.8 Å². The molecule has 0 saturated heterocycles. The second-order valence-corrected chi connectivity index (χ2v) is 7.97. The number of carbonyl (C=O) groups excluding carboxylic acids is 1. The number of halogens is 2. The lowest BCUT2D eigenvalue weighted by molar-refractivity contribution is -0.113. The molecule has 1 saturated carbocycles. The number of hydrogen-bond donors (Lipinski definition) is 2. The Hall–Kier alpha value is -3.20. The Morgan fingerprint density at radius 1 is 1.22 bits per heavy atom. The predicted octanol–water partition coefficient (Wildman–Crippen LogP) is 4.60. The first kappa shape index (κ1) is 22.0. The molecule has 1 atom stereocenters. The van der Waals surface area contributed by atoms with Gasteiger partial charge in [0.25, 0.3) is 5.91 Å². The summed E-state index contributed by atoms with van der Waals surface area (Å²) in [5, 5.41) is 6.53. The lowest BCUT2D eigenvalue weighted by Gasteiger charge is -2.38. The number of carbonyl (C=O) groups is 1. The van der Waals surface area contributed by atoms with E-state index in [0.29, 0.717) is 33.4 Å². The zero-order chi connectivity index (χ0) is 22.8. The SMILES string of the molecule is COc1cccc(NC(=O)C2=C(C)N(C3CC3)C(=S)NC2c2ccccc2OC(F)F)c1. The zero-order valence-corrected chi connectivity index (χ0v) is 18.4. The van der Waals surface area contributed by atoms with Gasteiger partial charge in [0.2, 0.25) is 0 Å². The Morgan fingerprint density at radius 2 is 1.97 bits per heavy atom. The average Bonchev–Trinajstić information content (AvgIpc) is 3.58. The zero-order valence-electron chi connectivity index (χ0n) is 17.6. The van der Waals surface area contributed by atoms with E-state index in [0.717, 1.165) is 12.8 Å². The van der Waals surface area contributed by atoms with E-state index in [1.165, 1.54) is 6.07 Å². The van der Waals surface area contributed by atoms with E-state index in [4.69, 9.17) is 21.7 Å². The number of nitrogens with zero attached hydrogens (tertiary/aromatic N) is 1. The molecular formula is C23H23F2N3O3S. The Balaban J connectivity index is 1.75. The van der Waals surface area contributed by atoms with Crippen molar-refractivity contribution in [1.29, 1.82) is 0 Å². The van der Waals surface area contributed by atoms with Crippen molar-refractivity contribution >= 4 is 28.9 Å². The minimum atomic E-state index is -2.99. The molecule has 2 N–H and O–H groups in total. The quantitative estimate of drug-likeness (QED) is 0.590. The third kappa shape index (κ3) is 4.52. The number of benzene rings is 2. The highest BCUT2D eigenvalue weighted by Gasteiger charge is 2.41. The summed E-state index contributed by atoms with van der Waals surface area (Å²) in [6.07, 6.45) is 1.94. The molecule has 32 heavy (non-hydrogen) atoms. The number of ether oxygens (including phenoxy) is 2. The third-order valence-corrected chi connectivity index (χ3v) is 5.77. The van der Waals surface area contributed by atoms with E-state index in [2.05, 4.69) is 10.6 Å². The van der Waals surface area contributed by atoms with Gasteiger partial charge in [-0.05, 0) is 50.2 Å². The Morgan fingerprint density at radius 3 is 2.66 bits per heavy atom. The molecule has 9 heteroatoms. The number of alkyl halides is 2. The van der Waals surface area contributed by atoms with Crippen LogP contribution < -0.4 is 20.1 Å². The average molecular weight is 460 g/mol. The molecule has 4 rings (SSSR count). The van der Waals surface area contributed by atoms with E-state index in [1.807, 2.05) is 11.8 Å². The van der Waals surface area contributed by atoms with Gasteiger partial charge in [-0.3, -0.25) is 4.79 Å². The summed E-state index contributed by atoms with van der Waals surface area (Å²) < 4.78 is 36.0. The molecule has 1 amide bonds. The van der Waals surface area contributed by atoms with Crippen molar-refractivity contribution in [2.75, 3.05) is 12.4 Å². The van der Waals surface area contributed by atoms with Crippen LogP contribution in [0.4, 0.5) is 14.5 Å². The molecule has 1 unspecified atom stereocenters. The highest BCUT2D eigenvalue weighted by atomic mass is 32.1. The van der Waals surface area contributed by atoms with E-state index in [-0.39, 0.29) is 17.7 Å². The summed E-state index contributed by atoms with van der Waals surface area (Å²) in [6, 6.07) is 12.9. The first-order valence-corrected chi connectivity index (χ1v) is 10.6. The number of nitrogens with one attached hydrogen (secondary N) is 2. The standard InChI is InChI=1S/C23H23F2N3O3S/c1-13-19(21(29)26-14-6-5-7-16(12-14)30-2)20(27-23(32)28(13)15-10-11-15)17-8-3-4-9-18(17)31-22(24)25/h3-9,12,15,20,22H,10-11H2,1-2H3,(H,26,29)(H,27,32). The molecular weight excluding hydrogens is 436 g/mol. The minimum Gasteiger partial charge on any atom is -0.497 e. The van der Waals surface area contributed by atoms with E-state index in [9.17, 15) is 13.6 Å². The molecule has 168 valence electrons. The highest BCUT2D eigenvalue weighted by molar-refractivity contribution is 7.80. The van der Waals surface area contributed by atoms with Crippen molar-refractivity contribution in [3.8, 4) is 11.5 Å². The number of para-hydroxylation sites is 1. The van der Waals surface area contributed by atoms with Gasteiger partial charge < -0.3 is 25.0 Å². The molecule has 2 aromatic rings. The molecule has 0 aromatic heterocycles. The van der Waals surface area contributed by atoms with Crippen LogP contribution in [0.5, 0.6) is 11.5 Å². The Labute approximate surface area is 190 Å². The normalized spacial score (nSPS) is 18.5. The summed E-state index contributed by atoms with van der Waals surface area (Å²) in [5.41, 5.74) is 2.03. The molecule has 1 aliphatic heterocycles. The molecule has 1 fully saturated rings. The van der Waals surface area contributed by atoms with Gasteiger partial charge in [0.15, 0.2) is 5.11 Å². The van der Waals surface area contributed by atoms with Crippen molar-refractivity contribution in [2.24, 2.45) is 0 Å². The van der Waals surface area contributed by atoms with Crippen LogP contribution in [0, 0.1) is 0 Å². The largest absolute Gasteiger partial charge is 0.497 e. The predicted molar refractivity (Wildman–Crippen MR) is 121 cm³/mol. The number of rotatable bonds is 7. The maximum absolute atomic E-state index is 13.5. The smallest absolute Gasteiger partial charge is 0.387 e. The van der Waals surface area contributed by atoms with Gasteiger partial charge in [0, 0.05) is 29.1 Å². The fourth-order valence-corrected chi connectivity index (χ4v) is 4.28. The summed E-state index contributed by atoms with van der Waals surface area (Å²) in [4.78, 5) is 15.4. The van der Waals surface area contributed by atoms with Gasteiger partial charge >= 0.3 is 6.61 Å². The molecule has 2 aromatic carbocycles. The topological polar surface area (TPSA) is 62.8 Å². The summed E-state index contributed by atoms with van der Waals surface area (Å²) in [6.45, 7) is -1.16. The van der Waals surface area contributed by atoms with Crippen molar-refractivity contribution in [3.63, 3.8) is 0 Å². The van der Waals surface area contributed by atoms with Crippen LogP contribution in [0.3, 0.4) is 0 Å². The second-order valence-electron chi connectivity index (χ2n) is 7.59. The molecule has 1 aliphatic carbocycles. The Kier molecular flexibility index (Phi) is 6.27. The molecule has 0 bridgehead atoms. The van der Waals surface area contributed by atoms with Crippen LogP contribution in [-0.2, 0) is 4.79 Å². The molecule has 0 spiro atoms. The van der Waals surface area contributed by atoms with Crippen LogP contribution in [0.25, 0.3) is 0 Å². The fraction of sp³-hybridized carbons (Fsp3) is 0.304. The van der Waals surface area contributed by atoms with Crippen molar-refractivity contribution in [2.45, 2.75) is 38.5 Å². The molecule has 1 heterocycles. The maximum Gasteiger partial charge on any atom is 0.387 e. The van der Waals surface area contributed by atoms with Gasteiger partial charge in [-0.2, -0.15) is 8.78 Å². The number of anilines is 1. The van der Waals surface area contributed by atoms with Gasteiger partial charge in [-0.1, -0.05) is 24.3 Å². The number of amides is 1.